The Hall–Kier alpha value is -1.92. The zero-order valence-electron chi connectivity index (χ0n) is 12.5. The summed E-state index contributed by atoms with van der Waals surface area (Å²) in [6.45, 7) is 1.61. The minimum absolute atomic E-state index is 0. The topological polar surface area (TPSA) is 63.1 Å². The molecule has 1 aliphatic rings. The van der Waals surface area contributed by atoms with Crippen LogP contribution in [0.25, 0.3) is 5.69 Å². The third-order valence-electron chi connectivity index (χ3n) is 3.81. The highest BCUT2D eigenvalue weighted by molar-refractivity contribution is 5.92. The van der Waals surface area contributed by atoms with Gasteiger partial charge in [0.05, 0.1) is 11.9 Å². The largest absolute Gasteiger partial charge is 0.333 e. The molecule has 1 N–H and O–H groups in total. The van der Waals surface area contributed by atoms with Gasteiger partial charge in [0.25, 0.3) is 5.91 Å². The van der Waals surface area contributed by atoms with Crippen molar-refractivity contribution in [3.63, 3.8) is 0 Å². The summed E-state index contributed by atoms with van der Waals surface area (Å²) in [6, 6.07) is 9.93. The number of rotatable bonds is 4. The minimum Gasteiger partial charge on any atom is -0.333 e. The molecule has 0 aliphatic carbocycles. The van der Waals surface area contributed by atoms with E-state index in [2.05, 4.69) is 15.6 Å². The highest BCUT2D eigenvalue weighted by atomic mass is 35.5. The maximum Gasteiger partial charge on any atom is 0.276 e. The number of likely N-dealkylation sites (N-methyl/N-ethyl adjacent to an activating group) is 1. The molecule has 2 aromatic rings. The first-order valence-corrected chi connectivity index (χ1v) is 7.23. The van der Waals surface area contributed by atoms with Gasteiger partial charge in [-0.15, -0.1) is 17.5 Å². The third-order valence-corrected chi connectivity index (χ3v) is 3.81. The molecule has 118 valence electrons. The smallest absolute Gasteiger partial charge is 0.276 e. The molecular weight excluding hydrogens is 302 g/mol. The van der Waals surface area contributed by atoms with Crippen LogP contribution in [-0.2, 0) is 0 Å². The fraction of sp³-hybridized carbons (Fsp3) is 0.400. The van der Waals surface area contributed by atoms with E-state index in [0.29, 0.717) is 5.69 Å². The number of aromatic nitrogens is 3. The van der Waals surface area contributed by atoms with Crippen LogP contribution in [0, 0.1) is 0 Å². The van der Waals surface area contributed by atoms with Gasteiger partial charge in [-0.1, -0.05) is 23.4 Å². The molecule has 1 aliphatic heterocycles. The molecule has 1 unspecified atom stereocenters. The van der Waals surface area contributed by atoms with Gasteiger partial charge >= 0.3 is 0 Å². The molecule has 1 aromatic heterocycles. The van der Waals surface area contributed by atoms with E-state index in [9.17, 15) is 4.79 Å². The van der Waals surface area contributed by atoms with Crippen LogP contribution in [0.3, 0.4) is 0 Å². The summed E-state index contributed by atoms with van der Waals surface area (Å²) in [5.41, 5.74) is 1.30. The van der Waals surface area contributed by atoms with E-state index in [1.54, 1.807) is 10.9 Å². The molecule has 1 saturated heterocycles. The fourth-order valence-electron chi connectivity index (χ4n) is 2.77. The number of nitrogens with one attached hydrogen (secondary N) is 1. The predicted octanol–water partition coefficient (Wildman–Crippen LogP) is 1.51. The molecule has 0 saturated carbocycles. The average molecular weight is 322 g/mol. The van der Waals surface area contributed by atoms with Gasteiger partial charge in [0.2, 0.25) is 0 Å². The molecule has 1 atom stereocenters. The number of benzene rings is 1. The lowest BCUT2D eigenvalue weighted by atomic mass is 10.2. The summed E-state index contributed by atoms with van der Waals surface area (Å²) in [7, 11) is 1.91. The van der Waals surface area contributed by atoms with Crippen molar-refractivity contribution >= 4 is 18.3 Å². The molecule has 1 amide bonds. The molecule has 0 radical (unpaired) electrons. The van der Waals surface area contributed by atoms with Crippen molar-refractivity contribution in [3.05, 3.63) is 42.2 Å². The van der Waals surface area contributed by atoms with Crippen LogP contribution in [0.2, 0.25) is 0 Å². The van der Waals surface area contributed by atoms with E-state index in [1.165, 1.54) is 0 Å². The number of carbonyl (C=O) groups excluding carboxylic acids is 1. The first kappa shape index (κ1) is 16.5. The summed E-state index contributed by atoms with van der Waals surface area (Å²) in [6.07, 6.45) is 3.79. The zero-order chi connectivity index (χ0) is 14.7. The van der Waals surface area contributed by atoms with E-state index in [1.807, 2.05) is 42.3 Å². The molecule has 0 bridgehead atoms. The Bertz CT molecular complexity index is 615. The van der Waals surface area contributed by atoms with Gasteiger partial charge in [-0.2, -0.15) is 0 Å². The van der Waals surface area contributed by atoms with E-state index in [-0.39, 0.29) is 24.4 Å². The van der Waals surface area contributed by atoms with Crippen LogP contribution >= 0.6 is 12.4 Å². The minimum atomic E-state index is -0.0325. The Morgan fingerprint density at radius 3 is 2.86 bits per heavy atom. The SMILES string of the molecule is CNCC1CCCN1C(=O)c1cn(-c2ccccc2)nn1.Cl. The van der Waals surface area contributed by atoms with Crippen LogP contribution in [0.4, 0.5) is 0 Å². The van der Waals surface area contributed by atoms with Crippen LogP contribution in [0.5, 0.6) is 0 Å². The van der Waals surface area contributed by atoms with Gasteiger partial charge in [-0.3, -0.25) is 4.79 Å². The van der Waals surface area contributed by atoms with Crippen LogP contribution in [0.15, 0.2) is 36.5 Å². The van der Waals surface area contributed by atoms with E-state index in [0.717, 1.165) is 31.6 Å². The molecular formula is C15H20ClN5O. The van der Waals surface area contributed by atoms with Gasteiger partial charge in [-0.05, 0) is 32.0 Å². The van der Waals surface area contributed by atoms with Gasteiger partial charge in [0.1, 0.15) is 0 Å². The van der Waals surface area contributed by atoms with Crippen molar-refractivity contribution in [3.8, 4) is 5.69 Å². The molecule has 1 fully saturated rings. The summed E-state index contributed by atoms with van der Waals surface area (Å²) in [4.78, 5) is 14.5. The van der Waals surface area contributed by atoms with Crippen molar-refractivity contribution in [1.82, 2.24) is 25.2 Å². The number of likely N-dealkylation sites (tertiary alicyclic amines) is 1. The van der Waals surface area contributed by atoms with Gasteiger partial charge in [0.15, 0.2) is 5.69 Å². The van der Waals surface area contributed by atoms with Gasteiger partial charge < -0.3 is 10.2 Å². The molecule has 1 aromatic carbocycles. The average Bonchev–Trinajstić information content (AvgIpc) is 3.17. The summed E-state index contributed by atoms with van der Waals surface area (Å²) in [5, 5.41) is 11.2. The van der Waals surface area contributed by atoms with Crippen molar-refractivity contribution in [2.75, 3.05) is 20.1 Å². The number of hydrogen-bond donors (Lipinski definition) is 1. The number of nitrogens with zero attached hydrogens (tertiary/aromatic N) is 4. The fourth-order valence-corrected chi connectivity index (χ4v) is 2.77. The van der Waals surface area contributed by atoms with Gasteiger partial charge in [0, 0.05) is 19.1 Å². The number of halogens is 1. The summed E-state index contributed by atoms with van der Waals surface area (Å²) in [5.74, 6) is -0.0325. The summed E-state index contributed by atoms with van der Waals surface area (Å²) < 4.78 is 1.64. The Balaban J connectivity index is 0.00000176. The Morgan fingerprint density at radius 1 is 1.36 bits per heavy atom. The first-order valence-electron chi connectivity index (χ1n) is 7.23. The van der Waals surface area contributed by atoms with E-state index in [4.69, 9.17) is 0 Å². The molecule has 7 heteroatoms. The normalized spacial score (nSPS) is 17.3. The lowest BCUT2D eigenvalue weighted by molar-refractivity contribution is 0.0731. The molecule has 0 spiro atoms. The molecule has 2 heterocycles. The van der Waals surface area contributed by atoms with E-state index >= 15 is 0 Å². The first-order chi connectivity index (χ1) is 10.3. The number of para-hydroxylation sites is 1. The predicted molar refractivity (Wildman–Crippen MR) is 86.6 cm³/mol. The Kier molecular flexibility index (Phi) is 5.51. The zero-order valence-corrected chi connectivity index (χ0v) is 13.3. The number of hydrogen-bond acceptors (Lipinski definition) is 4. The van der Waals surface area contributed by atoms with Gasteiger partial charge in [-0.25, -0.2) is 4.68 Å². The van der Waals surface area contributed by atoms with Crippen molar-refractivity contribution in [2.24, 2.45) is 0 Å². The second-order valence-electron chi connectivity index (χ2n) is 5.24. The number of carbonyl (C=O) groups is 1. The standard InChI is InChI=1S/C15H19N5O.ClH/c1-16-10-13-8-5-9-19(13)15(21)14-11-20(18-17-14)12-6-3-2-4-7-12;/h2-4,6-7,11,13,16H,5,8-10H2,1H3;1H. The van der Waals surface area contributed by atoms with E-state index < -0.39 is 0 Å². The molecule has 3 rings (SSSR count). The van der Waals surface area contributed by atoms with Crippen LogP contribution in [0.1, 0.15) is 23.3 Å². The second kappa shape index (κ2) is 7.38. The van der Waals surface area contributed by atoms with Crippen LogP contribution in [-0.4, -0.2) is 52.0 Å². The highest BCUT2D eigenvalue weighted by Gasteiger charge is 2.30. The van der Waals surface area contributed by atoms with Crippen LogP contribution < -0.4 is 5.32 Å². The Morgan fingerprint density at radius 2 is 2.14 bits per heavy atom. The third kappa shape index (κ3) is 3.28. The maximum atomic E-state index is 12.6. The molecule has 22 heavy (non-hydrogen) atoms. The monoisotopic (exact) mass is 321 g/mol. The lowest BCUT2D eigenvalue weighted by Crippen LogP contribution is -2.41. The van der Waals surface area contributed by atoms with Crippen molar-refractivity contribution < 1.29 is 4.79 Å². The maximum absolute atomic E-state index is 12.6. The second-order valence-corrected chi connectivity index (χ2v) is 5.24. The molecule has 6 nitrogen and oxygen atoms in total. The summed E-state index contributed by atoms with van der Waals surface area (Å²) >= 11 is 0. The van der Waals surface area contributed by atoms with Crippen molar-refractivity contribution in [2.45, 2.75) is 18.9 Å². The van der Waals surface area contributed by atoms with Crippen molar-refractivity contribution in [1.29, 1.82) is 0 Å². The number of amides is 1. The quantitative estimate of drug-likeness (QED) is 0.927. The highest BCUT2D eigenvalue weighted by Crippen LogP contribution is 2.19. The lowest BCUT2D eigenvalue weighted by Gasteiger charge is -2.23. The Labute approximate surface area is 135 Å².